The molecule has 0 unspecified atom stereocenters. The third-order valence-corrected chi connectivity index (χ3v) is 4.72. The minimum atomic E-state index is -0.615. The summed E-state index contributed by atoms with van der Waals surface area (Å²) in [6, 6.07) is 9.62. The number of ether oxygens (including phenoxy) is 2. The first-order valence-corrected chi connectivity index (χ1v) is 9.30. The van der Waals surface area contributed by atoms with Gasteiger partial charge in [-0.1, -0.05) is 23.7 Å². The van der Waals surface area contributed by atoms with E-state index in [-0.39, 0.29) is 35.1 Å². The SMILES string of the molecule is COCc1c(Cc2cccc(N=O)c2)c(=O)oc2cc(OC(=O)N(C)C)c(Cl)cc12. The fourth-order valence-electron chi connectivity index (χ4n) is 2.98. The van der Waals surface area contributed by atoms with Gasteiger partial charge < -0.3 is 18.8 Å². The lowest BCUT2D eigenvalue weighted by molar-refractivity contribution is 0.172. The molecule has 3 aromatic rings. The molecule has 2 aromatic carbocycles. The lowest BCUT2D eigenvalue weighted by Gasteiger charge is -2.14. The number of methoxy groups -OCH3 is 1. The summed E-state index contributed by atoms with van der Waals surface area (Å²) in [5, 5.41) is 3.67. The largest absolute Gasteiger partial charge is 0.422 e. The van der Waals surface area contributed by atoms with E-state index in [1.165, 1.54) is 32.2 Å². The molecule has 156 valence electrons. The molecule has 0 aliphatic rings. The number of rotatable bonds is 6. The first-order chi connectivity index (χ1) is 14.3. The summed E-state index contributed by atoms with van der Waals surface area (Å²) in [7, 11) is 4.58. The summed E-state index contributed by atoms with van der Waals surface area (Å²) in [6.07, 6.45) is -0.397. The van der Waals surface area contributed by atoms with Crippen LogP contribution < -0.4 is 10.4 Å². The molecule has 1 heterocycles. The van der Waals surface area contributed by atoms with Crippen LogP contribution in [0.1, 0.15) is 16.7 Å². The molecule has 0 spiro atoms. The van der Waals surface area contributed by atoms with E-state index in [1.54, 1.807) is 30.3 Å². The number of benzene rings is 2. The Hall–Kier alpha value is -3.23. The average molecular weight is 431 g/mol. The summed E-state index contributed by atoms with van der Waals surface area (Å²) >= 11 is 6.31. The van der Waals surface area contributed by atoms with Gasteiger partial charge in [-0.05, 0) is 34.5 Å². The predicted molar refractivity (Wildman–Crippen MR) is 113 cm³/mol. The molecule has 1 amide bonds. The van der Waals surface area contributed by atoms with Crippen molar-refractivity contribution in [3.8, 4) is 5.75 Å². The maximum absolute atomic E-state index is 12.8. The second-order valence-electron chi connectivity index (χ2n) is 6.76. The van der Waals surface area contributed by atoms with Crippen molar-refractivity contribution in [2.75, 3.05) is 21.2 Å². The van der Waals surface area contributed by atoms with Crippen LogP contribution in [0.3, 0.4) is 0 Å². The zero-order valence-electron chi connectivity index (χ0n) is 16.6. The number of nitrogens with zero attached hydrogens (tertiary/aromatic N) is 2. The van der Waals surface area contributed by atoms with Crippen LogP contribution in [-0.2, 0) is 17.8 Å². The highest BCUT2D eigenvalue weighted by atomic mass is 35.5. The topological polar surface area (TPSA) is 98.4 Å². The Labute approximate surface area is 176 Å². The van der Waals surface area contributed by atoms with Crippen molar-refractivity contribution < 1.29 is 18.7 Å². The molecule has 0 saturated heterocycles. The van der Waals surface area contributed by atoms with Crippen LogP contribution in [0.25, 0.3) is 11.0 Å². The van der Waals surface area contributed by atoms with E-state index in [0.717, 1.165) is 5.56 Å². The van der Waals surface area contributed by atoms with Gasteiger partial charge in [0.1, 0.15) is 11.3 Å². The maximum atomic E-state index is 12.8. The van der Waals surface area contributed by atoms with Crippen LogP contribution in [0.2, 0.25) is 5.02 Å². The van der Waals surface area contributed by atoms with Crippen molar-refractivity contribution in [3.05, 3.63) is 73.4 Å². The molecule has 0 radical (unpaired) electrons. The Morgan fingerprint density at radius 2 is 1.97 bits per heavy atom. The zero-order chi connectivity index (χ0) is 21.8. The number of halogens is 1. The summed E-state index contributed by atoms with van der Waals surface area (Å²) in [5.74, 6) is 0.0758. The average Bonchev–Trinajstić information content (AvgIpc) is 2.72. The van der Waals surface area contributed by atoms with E-state index in [1.807, 2.05) is 0 Å². The van der Waals surface area contributed by atoms with Crippen molar-refractivity contribution in [2.24, 2.45) is 5.18 Å². The van der Waals surface area contributed by atoms with E-state index < -0.39 is 11.7 Å². The van der Waals surface area contributed by atoms with Crippen LogP contribution >= 0.6 is 11.6 Å². The molecular formula is C21H19ClN2O6. The Balaban J connectivity index is 2.13. The van der Waals surface area contributed by atoms with Crippen molar-refractivity contribution in [2.45, 2.75) is 13.0 Å². The molecule has 0 bridgehead atoms. The summed E-state index contributed by atoms with van der Waals surface area (Å²) in [6.45, 7) is 0.135. The molecule has 0 aliphatic heterocycles. The van der Waals surface area contributed by atoms with Crippen LogP contribution in [0.5, 0.6) is 5.75 Å². The number of hydrogen-bond acceptors (Lipinski definition) is 7. The molecule has 0 aliphatic carbocycles. The number of hydrogen-bond donors (Lipinski definition) is 0. The monoisotopic (exact) mass is 430 g/mol. The first-order valence-electron chi connectivity index (χ1n) is 8.92. The lowest BCUT2D eigenvalue weighted by atomic mass is 9.98. The number of amides is 1. The lowest BCUT2D eigenvalue weighted by Crippen LogP contribution is -2.25. The van der Waals surface area contributed by atoms with Crippen LogP contribution in [-0.4, -0.2) is 32.2 Å². The second-order valence-corrected chi connectivity index (χ2v) is 7.17. The van der Waals surface area contributed by atoms with E-state index in [9.17, 15) is 14.5 Å². The number of fused-ring (bicyclic) bond motifs is 1. The number of carbonyl (C=O) groups is 1. The van der Waals surface area contributed by atoms with Crippen molar-refractivity contribution in [1.29, 1.82) is 0 Å². The molecule has 0 saturated carbocycles. The maximum Gasteiger partial charge on any atom is 0.414 e. The number of nitroso groups, excluding NO2 is 1. The Bertz CT molecular complexity index is 1170. The van der Waals surface area contributed by atoms with Gasteiger partial charge in [-0.15, -0.1) is 4.91 Å². The van der Waals surface area contributed by atoms with E-state index >= 15 is 0 Å². The standard InChI is InChI=1S/C21H19ClN2O6/c1-24(2)21(26)30-19-10-18-14(9-17(19)22)16(11-28-3)15(20(25)29-18)8-12-5-4-6-13(7-12)23-27/h4-7,9-10H,8,11H2,1-3H3. The first kappa shape index (κ1) is 21.5. The number of carbonyl (C=O) groups excluding carboxylic acids is 1. The smallest absolute Gasteiger partial charge is 0.414 e. The molecule has 0 N–H and O–H groups in total. The predicted octanol–water partition coefficient (Wildman–Crippen LogP) is 4.64. The summed E-state index contributed by atoms with van der Waals surface area (Å²) < 4.78 is 16.0. The molecule has 8 nitrogen and oxygen atoms in total. The van der Waals surface area contributed by atoms with Gasteiger partial charge in [-0.25, -0.2) is 9.59 Å². The fourth-order valence-corrected chi connectivity index (χ4v) is 3.18. The van der Waals surface area contributed by atoms with Crippen molar-refractivity contribution in [1.82, 2.24) is 4.90 Å². The molecule has 0 fully saturated rings. The highest BCUT2D eigenvalue weighted by molar-refractivity contribution is 6.33. The summed E-state index contributed by atoms with van der Waals surface area (Å²) in [5.41, 5.74) is 1.61. The summed E-state index contributed by atoms with van der Waals surface area (Å²) in [4.78, 5) is 36.7. The fraction of sp³-hybridized carbons (Fsp3) is 0.238. The van der Waals surface area contributed by atoms with Crippen molar-refractivity contribution in [3.63, 3.8) is 0 Å². The molecule has 30 heavy (non-hydrogen) atoms. The minimum absolute atomic E-state index is 0.0758. The van der Waals surface area contributed by atoms with Crippen molar-refractivity contribution >= 4 is 34.4 Å². The van der Waals surface area contributed by atoms with Gasteiger partial charge in [0.15, 0.2) is 5.75 Å². The molecule has 0 atom stereocenters. The van der Waals surface area contributed by atoms with Gasteiger partial charge in [0.25, 0.3) is 0 Å². The van der Waals surface area contributed by atoms with E-state index in [0.29, 0.717) is 16.5 Å². The van der Waals surface area contributed by atoms with E-state index in [4.69, 9.17) is 25.5 Å². The zero-order valence-corrected chi connectivity index (χ0v) is 17.4. The Morgan fingerprint density at radius 1 is 1.20 bits per heavy atom. The highest BCUT2D eigenvalue weighted by Crippen LogP contribution is 2.33. The van der Waals surface area contributed by atoms with Crippen LogP contribution in [0, 0.1) is 4.91 Å². The molecule has 3 rings (SSSR count). The minimum Gasteiger partial charge on any atom is -0.422 e. The van der Waals surface area contributed by atoms with Gasteiger partial charge >= 0.3 is 11.7 Å². The van der Waals surface area contributed by atoms with Gasteiger partial charge in [-0.3, -0.25) is 0 Å². The normalized spacial score (nSPS) is 10.8. The Morgan fingerprint density at radius 3 is 2.63 bits per heavy atom. The van der Waals surface area contributed by atoms with Gasteiger partial charge in [-0.2, -0.15) is 0 Å². The van der Waals surface area contributed by atoms with Gasteiger partial charge in [0, 0.05) is 44.6 Å². The highest BCUT2D eigenvalue weighted by Gasteiger charge is 2.19. The molecule has 9 heteroatoms. The second kappa shape index (κ2) is 9.06. The Kier molecular flexibility index (Phi) is 6.49. The van der Waals surface area contributed by atoms with Crippen LogP contribution in [0.15, 0.2) is 50.8 Å². The third-order valence-electron chi connectivity index (χ3n) is 4.42. The van der Waals surface area contributed by atoms with Gasteiger partial charge in [0.05, 0.1) is 11.6 Å². The van der Waals surface area contributed by atoms with E-state index in [2.05, 4.69) is 5.18 Å². The molecule has 1 aromatic heterocycles. The third kappa shape index (κ3) is 4.50. The van der Waals surface area contributed by atoms with Crippen LogP contribution in [0.4, 0.5) is 10.5 Å². The molecular weight excluding hydrogens is 412 g/mol. The quantitative estimate of drug-likeness (QED) is 0.417. The van der Waals surface area contributed by atoms with Gasteiger partial charge in [0.2, 0.25) is 0 Å².